The summed E-state index contributed by atoms with van der Waals surface area (Å²) in [7, 11) is -2.27. The molecule has 0 bridgehead atoms. The number of methoxy groups -OCH3 is 1. The van der Waals surface area contributed by atoms with Crippen molar-refractivity contribution in [2.75, 3.05) is 32.5 Å². The SMILES string of the molecule is COCC1CCCN(S(=O)(=O)c2cc(N)cc(C)c2F)C1. The van der Waals surface area contributed by atoms with E-state index in [0.29, 0.717) is 19.7 Å². The van der Waals surface area contributed by atoms with E-state index in [1.165, 1.54) is 23.4 Å². The lowest BCUT2D eigenvalue weighted by Crippen LogP contribution is -2.41. The second kappa shape index (κ2) is 6.29. The Labute approximate surface area is 124 Å². The highest BCUT2D eigenvalue weighted by Gasteiger charge is 2.32. The fourth-order valence-electron chi connectivity index (χ4n) is 2.71. The van der Waals surface area contributed by atoms with E-state index in [1.807, 2.05) is 0 Å². The van der Waals surface area contributed by atoms with Gasteiger partial charge in [0, 0.05) is 25.9 Å². The number of ether oxygens (including phenoxy) is 1. The number of nitrogen functional groups attached to an aromatic ring is 1. The molecule has 1 aromatic carbocycles. The predicted molar refractivity (Wildman–Crippen MR) is 78.9 cm³/mol. The molecule has 0 aromatic heterocycles. The van der Waals surface area contributed by atoms with Gasteiger partial charge in [-0.1, -0.05) is 0 Å². The van der Waals surface area contributed by atoms with E-state index >= 15 is 0 Å². The molecule has 1 aliphatic rings. The first-order valence-electron chi connectivity index (χ1n) is 6.91. The first-order valence-corrected chi connectivity index (χ1v) is 8.35. The van der Waals surface area contributed by atoms with Crippen LogP contribution in [-0.4, -0.2) is 39.5 Å². The normalized spacial score (nSPS) is 20.6. The summed E-state index contributed by atoms with van der Waals surface area (Å²) in [5, 5.41) is 0. The molecule has 1 atom stereocenters. The Bertz CT molecular complexity index is 617. The lowest BCUT2D eigenvalue weighted by molar-refractivity contribution is 0.118. The van der Waals surface area contributed by atoms with E-state index < -0.39 is 15.8 Å². The molecule has 1 aromatic rings. The van der Waals surface area contributed by atoms with E-state index in [1.54, 1.807) is 7.11 Å². The van der Waals surface area contributed by atoms with Crippen LogP contribution in [0.25, 0.3) is 0 Å². The van der Waals surface area contributed by atoms with Crippen molar-refractivity contribution in [3.8, 4) is 0 Å². The highest BCUT2D eigenvalue weighted by molar-refractivity contribution is 7.89. The van der Waals surface area contributed by atoms with Crippen molar-refractivity contribution in [2.45, 2.75) is 24.7 Å². The zero-order chi connectivity index (χ0) is 15.6. The van der Waals surface area contributed by atoms with Crippen molar-refractivity contribution in [3.63, 3.8) is 0 Å². The molecule has 0 amide bonds. The van der Waals surface area contributed by atoms with Gasteiger partial charge in [-0.2, -0.15) is 4.31 Å². The first-order chi connectivity index (χ1) is 9.86. The molecule has 2 N–H and O–H groups in total. The standard InChI is InChI=1S/C14H21FN2O3S/c1-10-6-12(16)7-13(14(10)15)21(18,19)17-5-3-4-11(8-17)9-20-2/h6-7,11H,3-5,8-9,16H2,1-2H3. The van der Waals surface area contributed by atoms with Gasteiger partial charge in [0.15, 0.2) is 0 Å². The zero-order valence-corrected chi connectivity index (χ0v) is 13.1. The van der Waals surface area contributed by atoms with Gasteiger partial charge in [-0.05, 0) is 43.4 Å². The van der Waals surface area contributed by atoms with Gasteiger partial charge < -0.3 is 10.5 Å². The van der Waals surface area contributed by atoms with Crippen LogP contribution in [0, 0.1) is 18.7 Å². The van der Waals surface area contributed by atoms with Crippen molar-refractivity contribution < 1.29 is 17.5 Å². The van der Waals surface area contributed by atoms with Crippen LogP contribution in [0.4, 0.5) is 10.1 Å². The second-order valence-electron chi connectivity index (χ2n) is 5.48. The van der Waals surface area contributed by atoms with Crippen molar-refractivity contribution in [1.82, 2.24) is 4.31 Å². The van der Waals surface area contributed by atoms with E-state index in [4.69, 9.17) is 10.5 Å². The lowest BCUT2D eigenvalue weighted by atomic mass is 10.0. The van der Waals surface area contributed by atoms with Crippen LogP contribution < -0.4 is 5.73 Å². The van der Waals surface area contributed by atoms with E-state index in [9.17, 15) is 12.8 Å². The summed E-state index contributed by atoms with van der Waals surface area (Å²) in [6.07, 6.45) is 1.66. The van der Waals surface area contributed by atoms with Gasteiger partial charge in [0.2, 0.25) is 10.0 Å². The number of nitrogens with zero attached hydrogens (tertiary/aromatic N) is 1. The number of halogens is 1. The molecule has 1 aliphatic heterocycles. The third-order valence-corrected chi connectivity index (χ3v) is 5.61. The molecule has 0 aliphatic carbocycles. The molecule has 1 saturated heterocycles. The summed E-state index contributed by atoms with van der Waals surface area (Å²) in [5.74, 6) is -0.582. The van der Waals surface area contributed by atoms with Gasteiger partial charge in [-0.3, -0.25) is 0 Å². The minimum absolute atomic E-state index is 0.142. The molecule has 2 rings (SSSR count). The number of nitrogens with two attached hydrogens (primary N) is 1. The van der Waals surface area contributed by atoms with Crippen molar-refractivity contribution in [1.29, 1.82) is 0 Å². The number of hydrogen-bond acceptors (Lipinski definition) is 4. The number of hydrogen-bond donors (Lipinski definition) is 1. The maximum atomic E-state index is 14.2. The second-order valence-corrected chi connectivity index (χ2v) is 7.38. The van der Waals surface area contributed by atoms with E-state index in [2.05, 4.69) is 0 Å². The number of aryl methyl sites for hydroxylation is 1. The van der Waals surface area contributed by atoms with Crippen LogP contribution in [-0.2, 0) is 14.8 Å². The monoisotopic (exact) mass is 316 g/mol. The number of anilines is 1. The van der Waals surface area contributed by atoms with Gasteiger partial charge in [0.1, 0.15) is 10.7 Å². The van der Waals surface area contributed by atoms with Crippen LogP contribution in [0.1, 0.15) is 18.4 Å². The van der Waals surface area contributed by atoms with Crippen molar-refractivity contribution >= 4 is 15.7 Å². The predicted octanol–water partition coefficient (Wildman–Crippen LogP) is 1.76. The number of sulfonamides is 1. The minimum atomic E-state index is -3.87. The van der Waals surface area contributed by atoms with Crippen LogP contribution >= 0.6 is 0 Å². The average Bonchev–Trinajstić information content (AvgIpc) is 2.43. The molecular formula is C14H21FN2O3S. The molecule has 21 heavy (non-hydrogen) atoms. The Morgan fingerprint density at radius 3 is 2.86 bits per heavy atom. The van der Waals surface area contributed by atoms with Crippen LogP contribution in [0.5, 0.6) is 0 Å². The summed E-state index contributed by atoms with van der Waals surface area (Å²) in [6.45, 7) is 2.76. The van der Waals surface area contributed by atoms with Crippen LogP contribution in [0.15, 0.2) is 17.0 Å². The first kappa shape index (κ1) is 16.2. The van der Waals surface area contributed by atoms with Crippen molar-refractivity contribution in [3.05, 3.63) is 23.5 Å². The fourth-order valence-corrected chi connectivity index (χ4v) is 4.43. The van der Waals surface area contributed by atoms with Gasteiger partial charge in [-0.25, -0.2) is 12.8 Å². The fraction of sp³-hybridized carbons (Fsp3) is 0.571. The maximum Gasteiger partial charge on any atom is 0.246 e. The minimum Gasteiger partial charge on any atom is -0.399 e. The van der Waals surface area contributed by atoms with E-state index in [0.717, 1.165) is 12.8 Å². The third-order valence-electron chi connectivity index (χ3n) is 3.75. The Kier molecular flexibility index (Phi) is 4.85. The molecule has 0 spiro atoms. The average molecular weight is 316 g/mol. The van der Waals surface area contributed by atoms with Crippen molar-refractivity contribution in [2.24, 2.45) is 5.92 Å². The Morgan fingerprint density at radius 1 is 1.48 bits per heavy atom. The van der Waals surface area contributed by atoms with Gasteiger partial charge in [0.25, 0.3) is 0 Å². The molecule has 5 nitrogen and oxygen atoms in total. The van der Waals surface area contributed by atoms with Crippen LogP contribution in [0.3, 0.4) is 0 Å². The number of benzene rings is 1. The Morgan fingerprint density at radius 2 is 2.19 bits per heavy atom. The molecular weight excluding hydrogens is 295 g/mol. The number of rotatable bonds is 4. The smallest absolute Gasteiger partial charge is 0.246 e. The topological polar surface area (TPSA) is 72.6 Å². The zero-order valence-electron chi connectivity index (χ0n) is 12.3. The summed E-state index contributed by atoms with van der Waals surface area (Å²) >= 11 is 0. The molecule has 118 valence electrons. The molecule has 0 saturated carbocycles. The molecule has 1 heterocycles. The summed E-state index contributed by atoms with van der Waals surface area (Å²) < 4.78 is 45.9. The maximum absolute atomic E-state index is 14.2. The molecule has 1 fully saturated rings. The van der Waals surface area contributed by atoms with Crippen LogP contribution in [0.2, 0.25) is 0 Å². The summed E-state index contributed by atoms with van der Waals surface area (Å²) in [4.78, 5) is -0.335. The quantitative estimate of drug-likeness (QED) is 0.859. The summed E-state index contributed by atoms with van der Waals surface area (Å²) in [6, 6.07) is 2.62. The van der Waals surface area contributed by atoms with Gasteiger partial charge >= 0.3 is 0 Å². The Hall–Kier alpha value is -1.18. The lowest BCUT2D eigenvalue weighted by Gasteiger charge is -2.31. The van der Waals surface area contributed by atoms with E-state index in [-0.39, 0.29) is 22.1 Å². The van der Waals surface area contributed by atoms with Gasteiger partial charge in [0.05, 0.1) is 6.61 Å². The molecule has 7 heteroatoms. The highest BCUT2D eigenvalue weighted by atomic mass is 32.2. The van der Waals surface area contributed by atoms with Gasteiger partial charge in [-0.15, -0.1) is 0 Å². The number of piperidine rings is 1. The largest absolute Gasteiger partial charge is 0.399 e. The molecule has 1 unspecified atom stereocenters. The molecule has 0 radical (unpaired) electrons. The Balaban J connectivity index is 2.34. The third kappa shape index (κ3) is 3.36. The summed E-state index contributed by atoms with van der Waals surface area (Å²) in [5.41, 5.74) is 6.14. The highest BCUT2D eigenvalue weighted by Crippen LogP contribution is 2.28.